The van der Waals surface area contributed by atoms with Crippen molar-refractivity contribution >= 4 is 45.9 Å². The van der Waals surface area contributed by atoms with Crippen LogP contribution in [-0.2, 0) is 14.6 Å². The van der Waals surface area contributed by atoms with Gasteiger partial charge in [-0.2, -0.15) is 0 Å². The molecule has 0 aromatic heterocycles. The van der Waals surface area contributed by atoms with Gasteiger partial charge in [0.1, 0.15) is 5.60 Å². The molecular formula is C17H33IN4O4S. The molecule has 1 unspecified atom stereocenters. The van der Waals surface area contributed by atoms with E-state index >= 15 is 0 Å². The van der Waals surface area contributed by atoms with Crippen LogP contribution in [0.5, 0.6) is 0 Å². The van der Waals surface area contributed by atoms with Crippen LogP contribution in [0.2, 0.25) is 0 Å². The highest BCUT2D eigenvalue weighted by Gasteiger charge is 2.35. The lowest BCUT2D eigenvalue weighted by Gasteiger charge is -2.27. The van der Waals surface area contributed by atoms with Crippen molar-refractivity contribution in [2.75, 3.05) is 31.1 Å². The number of carbonyl (C=O) groups is 1. The monoisotopic (exact) mass is 516 g/mol. The molecule has 1 saturated carbocycles. The number of ether oxygens (including phenoxy) is 1. The summed E-state index contributed by atoms with van der Waals surface area (Å²) < 4.78 is 28.7. The molecule has 1 heterocycles. The molecule has 2 aliphatic rings. The molecule has 8 nitrogen and oxygen atoms in total. The summed E-state index contributed by atoms with van der Waals surface area (Å²) in [6.45, 7) is 9.14. The predicted octanol–water partition coefficient (Wildman–Crippen LogP) is 1.75. The predicted molar refractivity (Wildman–Crippen MR) is 118 cm³/mol. The summed E-state index contributed by atoms with van der Waals surface area (Å²) in [7, 11) is -2.94. The normalized spacial score (nSPS) is 21.9. The summed E-state index contributed by atoms with van der Waals surface area (Å²) in [5.74, 6) is 0.955. The summed E-state index contributed by atoms with van der Waals surface area (Å²) in [6.07, 6.45) is 2.30. The minimum Gasteiger partial charge on any atom is -0.444 e. The third kappa shape index (κ3) is 8.84. The molecule has 0 spiro atoms. The summed E-state index contributed by atoms with van der Waals surface area (Å²) >= 11 is 0. The zero-order valence-electron chi connectivity index (χ0n) is 16.7. The van der Waals surface area contributed by atoms with Gasteiger partial charge in [0.25, 0.3) is 0 Å². The number of halogens is 1. The number of sulfone groups is 1. The molecule has 1 saturated heterocycles. The van der Waals surface area contributed by atoms with Gasteiger partial charge in [0.15, 0.2) is 15.8 Å². The molecule has 1 aliphatic carbocycles. The van der Waals surface area contributed by atoms with Crippen LogP contribution in [0, 0.1) is 0 Å². The smallest absolute Gasteiger partial charge is 0.410 e. The van der Waals surface area contributed by atoms with Crippen molar-refractivity contribution in [1.29, 1.82) is 0 Å². The van der Waals surface area contributed by atoms with Crippen LogP contribution in [0.25, 0.3) is 0 Å². The second-order valence-electron chi connectivity index (χ2n) is 7.91. The Labute approximate surface area is 179 Å². The Morgan fingerprint density at radius 1 is 1.26 bits per heavy atom. The lowest BCUT2D eigenvalue weighted by molar-refractivity contribution is 0.0240. The van der Waals surface area contributed by atoms with Gasteiger partial charge in [0.2, 0.25) is 0 Å². The van der Waals surface area contributed by atoms with Crippen molar-refractivity contribution in [3.05, 3.63) is 0 Å². The molecule has 2 N–H and O–H groups in total. The molecule has 27 heavy (non-hydrogen) atoms. The van der Waals surface area contributed by atoms with E-state index in [0.717, 1.165) is 12.8 Å². The van der Waals surface area contributed by atoms with Gasteiger partial charge in [-0.15, -0.1) is 24.0 Å². The molecule has 0 bridgehead atoms. The van der Waals surface area contributed by atoms with Crippen LogP contribution in [0.15, 0.2) is 4.99 Å². The maximum absolute atomic E-state index is 12.3. The molecule has 1 aliphatic heterocycles. The molecule has 2 rings (SSSR count). The van der Waals surface area contributed by atoms with Crippen LogP contribution >= 0.6 is 24.0 Å². The maximum Gasteiger partial charge on any atom is 0.410 e. The Hall–Kier alpha value is -0.780. The minimum atomic E-state index is -2.94. The molecule has 1 amide bonds. The van der Waals surface area contributed by atoms with Crippen molar-refractivity contribution in [3.8, 4) is 0 Å². The first-order valence-electron chi connectivity index (χ1n) is 9.34. The molecule has 10 heteroatoms. The summed E-state index contributed by atoms with van der Waals surface area (Å²) in [4.78, 5) is 18.6. The topological polar surface area (TPSA) is 100 Å². The Bertz CT molecular complexity index is 629. The van der Waals surface area contributed by atoms with E-state index in [-0.39, 0.29) is 53.7 Å². The van der Waals surface area contributed by atoms with Gasteiger partial charge in [0, 0.05) is 25.2 Å². The highest BCUT2D eigenvalue weighted by molar-refractivity contribution is 14.0. The van der Waals surface area contributed by atoms with E-state index < -0.39 is 15.4 Å². The fraction of sp³-hybridized carbons (Fsp3) is 0.882. The van der Waals surface area contributed by atoms with E-state index in [2.05, 4.69) is 15.6 Å². The Balaban J connectivity index is 0.00000364. The number of nitrogens with one attached hydrogen (secondary N) is 2. The highest BCUT2D eigenvalue weighted by Crippen LogP contribution is 2.28. The Morgan fingerprint density at radius 2 is 1.93 bits per heavy atom. The van der Waals surface area contributed by atoms with E-state index in [9.17, 15) is 13.2 Å². The van der Waals surface area contributed by atoms with Crippen molar-refractivity contribution < 1.29 is 17.9 Å². The van der Waals surface area contributed by atoms with Crippen LogP contribution in [0.4, 0.5) is 4.79 Å². The molecule has 158 valence electrons. The number of rotatable bonds is 6. The van der Waals surface area contributed by atoms with E-state index in [1.165, 1.54) is 0 Å². The summed E-state index contributed by atoms with van der Waals surface area (Å²) in [5, 5.41) is 6.32. The van der Waals surface area contributed by atoms with Crippen LogP contribution in [-0.4, -0.2) is 74.2 Å². The van der Waals surface area contributed by atoms with Gasteiger partial charge in [-0.05, 0) is 47.0 Å². The summed E-state index contributed by atoms with van der Waals surface area (Å²) in [6, 6.07) is 0.138. The fourth-order valence-corrected chi connectivity index (χ4v) is 4.49. The SMILES string of the molecule is CCNC(=NCCN(C(=O)OC(C)(C)C)C1CC1)NC1CCS(=O)(=O)C1.I. The van der Waals surface area contributed by atoms with Crippen LogP contribution in [0.1, 0.15) is 47.0 Å². The largest absolute Gasteiger partial charge is 0.444 e. The number of nitrogens with zero attached hydrogens (tertiary/aromatic N) is 2. The second-order valence-corrected chi connectivity index (χ2v) is 10.1. The van der Waals surface area contributed by atoms with Gasteiger partial charge in [-0.1, -0.05) is 0 Å². The van der Waals surface area contributed by atoms with Gasteiger partial charge in [-0.3, -0.25) is 4.99 Å². The van der Waals surface area contributed by atoms with E-state index in [0.29, 0.717) is 32.0 Å². The Kier molecular flexibility index (Phi) is 9.10. The Morgan fingerprint density at radius 3 is 2.41 bits per heavy atom. The average molecular weight is 516 g/mol. The average Bonchev–Trinajstić information content (AvgIpc) is 3.26. The molecule has 0 aromatic carbocycles. The van der Waals surface area contributed by atoms with Crippen molar-refractivity contribution in [3.63, 3.8) is 0 Å². The van der Waals surface area contributed by atoms with E-state index in [4.69, 9.17) is 4.74 Å². The minimum absolute atomic E-state index is 0. The molecule has 2 fully saturated rings. The zero-order chi connectivity index (χ0) is 19.4. The number of aliphatic imine (C=N–C) groups is 1. The quantitative estimate of drug-likeness (QED) is 0.317. The van der Waals surface area contributed by atoms with Crippen molar-refractivity contribution in [1.82, 2.24) is 15.5 Å². The number of amides is 1. The maximum atomic E-state index is 12.3. The fourth-order valence-electron chi connectivity index (χ4n) is 2.82. The van der Waals surface area contributed by atoms with Crippen molar-refractivity contribution in [2.45, 2.75) is 64.6 Å². The first-order chi connectivity index (χ1) is 12.1. The number of carbonyl (C=O) groups excluding carboxylic acids is 1. The van der Waals surface area contributed by atoms with Gasteiger partial charge in [-0.25, -0.2) is 13.2 Å². The first-order valence-corrected chi connectivity index (χ1v) is 11.2. The lowest BCUT2D eigenvalue weighted by atomic mass is 10.2. The first kappa shape index (κ1) is 24.3. The third-order valence-corrected chi connectivity index (χ3v) is 5.91. The molecule has 0 aromatic rings. The lowest BCUT2D eigenvalue weighted by Crippen LogP contribution is -2.44. The zero-order valence-corrected chi connectivity index (χ0v) is 19.8. The molecular weight excluding hydrogens is 483 g/mol. The number of hydrogen-bond donors (Lipinski definition) is 2. The number of hydrogen-bond acceptors (Lipinski definition) is 5. The van der Waals surface area contributed by atoms with Gasteiger partial charge < -0.3 is 20.3 Å². The highest BCUT2D eigenvalue weighted by atomic mass is 127. The van der Waals surface area contributed by atoms with E-state index in [1.807, 2.05) is 27.7 Å². The van der Waals surface area contributed by atoms with Gasteiger partial charge >= 0.3 is 6.09 Å². The third-order valence-electron chi connectivity index (χ3n) is 4.14. The van der Waals surface area contributed by atoms with E-state index in [1.54, 1.807) is 4.90 Å². The van der Waals surface area contributed by atoms with Crippen LogP contribution in [0.3, 0.4) is 0 Å². The van der Waals surface area contributed by atoms with Crippen molar-refractivity contribution in [2.24, 2.45) is 4.99 Å². The van der Waals surface area contributed by atoms with Gasteiger partial charge in [0.05, 0.1) is 18.1 Å². The standard InChI is InChI=1S/C17H32N4O4S.HI/c1-5-18-15(20-13-8-11-26(23,24)12-13)19-9-10-21(14-6-7-14)16(22)25-17(2,3)4;/h13-14H,5-12H2,1-4H3,(H2,18,19,20);1H. The second kappa shape index (κ2) is 10.1. The molecule has 0 radical (unpaired) electrons. The summed E-state index contributed by atoms with van der Waals surface area (Å²) in [5.41, 5.74) is -0.516. The van der Waals surface area contributed by atoms with Crippen LogP contribution < -0.4 is 10.6 Å². The number of guanidine groups is 1. The molecule has 1 atom stereocenters.